The summed E-state index contributed by atoms with van der Waals surface area (Å²) in [5.41, 5.74) is 4.17. The van der Waals surface area contributed by atoms with Gasteiger partial charge in [-0.15, -0.1) is 0 Å². The molecule has 0 radical (unpaired) electrons. The normalized spacial score (nSPS) is 10.3. The zero-order valence-corrected chi connectivity index (χ0v) is 14.7. The predicted octanol–water partition coefficient (Wildman–Crippen LogP) is -0.583. The molecule has 22 heavy (non-hydrogen) atoms. The van der Waals surface area contributed by atoms with Crippen molar-refractivity contribution >= 4 is 22.6 Å². The van der Waals surface area contributed by atoms with E-state index in [9.17, 15) is 4.79 Å². The van der Waals surface area contributed by atoms with Crippen LogP contribution in [0.4, 0.5) is 5.69 Å². The molecular formula is C17H18IN3O. The van der Waals surface area contributed by atoms with Gasteiger partial charge in [-0.3, -0.25) is 4.79 Å². The lowest BCUT2D eigenvalue weighted by molar-refractivity contribution is -0.645. The quantitative estimate of drug-likeness (QED) is 0.458. The Morgan fingerprint density at radius 3 is 2.55 bits per heavy atom. The molecule has 0 spiro atoms. The molecule has 0 fully saturated rings. The second-order valence-corrected chi connectivity index (χ2v) is 5.26. The van der Waals surface area contributed by atoms with Gasteiger partial charge in [-0.1, -0.05) is 29.8 Å². The number of fused-ring (bicyclic) bond motifs is 1. The van der Waals surface area contributed by atoms with Gasteiger partial charge in [-0.2, -0.15) is 0 Å². The van der Waals surface area contributed by atoms with Crippen LogP contribution in [-0.4, -0.2) is 10.5 Å². The minimum absolute atomic E-state index is 0. The summed E-state index contributed by atoms with van der Waals surface area (Å²) in [6.07, 6.45) is 1.94. The maximum atomic E-state index is 12.2. The van der Waals surface area contributed by atoms with Gasteiger partial charge in [-0.05, 0) is 31.2 Å². The van der Waals surface area contributed by atoms with E-state index >= 15 is 0 Å². The minimum atomic E-state index is -0.0276. The maximum absolute atomic E-state index is 12.2. The first kappa shape index (κ1) is 16.5. The van der Waals surface area contributed by atoms with Crippen LogP contribution < -0.4 is 33.9 Å². The Kier molecular flexibility index (Phi) is 5.18. The van der Waals surface area contributed by atoms with E-state index in [-0.39, 0.29) is 29.9 Å². The number of hydrogen-bond donors (Lipinski definition) is 1. The van der Waals surface area contributed by atoms with Gasteiger partial charge in [0.2, 0.25) is 6.33 Å². The molecule has 1 N–H and O–H groups in total. The Hall–Kier alpha value is -1.89. The number of aryl methyl sites for hydroxylation is 2. The number of imidazole rings is 1. The molecule has 0 bridgehead atoms. The number of hydrogen-bond acceptors (Lipinski definition) is 1. The summed E-state index contributed by atoms with van der Waals surface area (Å²) in [6.45, 7) is 2.33. The Labute approximate surface area is 146 Å². The van der Waals surface area contributed by atoms with Gasteiger partial charge in [-0.25, -0.2) is 9.13 Å². The smallest absolute Gasteiger partial charge is 0.266 e. The Morgan fingerprint density at radius 1 is 1.14 bits per heavy atom. The highest BCUT2D eigenvalue weighted by molar-refractivity contribution is 5.91. The van der Waals surface area contributed by atoms with Crippen molar-refractivity contribution in [2.24, 2.45) is 7.05 Å². The van der Waals surface area contributed by atoms with Gasteiger partial charge in [0.25, 0.3) is 5.91 Å². The summed E-state index contributed by atoms with van der Waals surface area (Å²) in [7, 11) is 1.98. The first-order valence-electron chi connectivity index (χ1n) is 6.93. The predicted molar refractivity (Wildman–Crippen MR) is 82.9 cm³/mol. The van der Waals surface area contributed by atoms with Crippen molar-refractivity contribution in [1.29, 1.82) is 0 Å². The summed E-state index contributed by atoms with van der Waals surface area (Å²) in [4.78, 5) is 12.2. The summed E-state index contributed by atoms with van der Waals surface area (Å²) >= 11 is 0. The van der Waals surface area contributed by atoms with Crippen molar-refractivity contribution in [3.8, 4) is 0 Å². The van der Waals surface area contributed by atoms with Crippen molar-refractivity contribution in [2.45, 2.75) is 13.5 Å². The van der Waals surface area contributed by atoms with Gasteiger partial charge in [0.05, 0.1) is 7.05 Å². The second-order valence-electron chi connectivity index (χ2n) is 5.26. The molecule has 0 aliphatic carbocycles. The summed E-state index contributed by atoms with van der Waals surface area (Å²) in [5, 5.41) is 2.92. The second kappa shape index (κ2) is 6.91. The molecule has 0 saturated heterocycles. The third-order valence-electron chi connectivity index (χ3n) is 3.53. The third-order valence-corrected chi connectivity index (χ3v) is 3.53. The van der Waals surface area contributed by atoms with Crippen molar-refractivity contribution in [1.82, 2.24) is 4.57 Å². The van der Waals surface area contributed by atoms with Crippen LogP contribution in [-0.2, 0) is 18.4 Å². The van der Waals surface area contributed by atoms with E-state index in [2.05, 4.69) is 5.32 Å². The van der Waals surface area contributed by atoms with Crippen molar-refractivity contribution in [3.63, 3.8) is 0 Å². The fraction of sp³-hybridized carbons (Fsp3) is 0.176. The molecule has 0 atom stereocenters. The Bertz CT molecular complexity index is 793. The molecule has 1 heterocycles. The van der Waals surface area contributed by atoms with Crippen LogP contribution in [0.3, 0.4) is 0 Å². The monoisotopic (exact) mass is 407 g/mol. The van der Waals surface area contributed by atoms with Gasteiger partial charge < -0.3 is 29.3 Å². The number of anilines is 1. The number of benzene rings is 2. The van der Waals surface area contributed by atoms with Crippen molar-refractivity contribution < 1.29 is 33.3 Å². The Balaban J connectivity index is 0.00000176. The molecular weight excluding hydrogens is 389 g/mol. The van der Waals surface area contributed by atoms with Crippen LogP contribution in [0, 0.1) is 6.92 Å². The first-order valence-corrected chi connectivity index (χ1v) is 6.93. The van der Waals surface area contributed by atoms with Crippen LogP contribution in [0.5, 0.6) is 0 Å². The van der Waals surface area contributed by atoms with E-state index in [0.29, 0.717) is 6.54 Å². The molecule has 0 aliphatic heterocycles. The van der Waals surface area contributed by atoms with Crippen LogP contribution in [0.2, 0.25) is 0 Å². The average molecular weight is 407 g/mol. The number of nitrogens with zero attached hydrogens (tertiary/aromatic N) is 2. The standard InChI is InChI=1S/C17H17N3O.HI/c1-13-7-9-14(10-8-13)18-17(21)11-20-12-19(2)15-5-3-4-6-16(15)20;/h3-10,12H,11H2,1-2H3;1H. The maximum Gasteiger partial charge on any atom is 0.266 e. The lowest BCUT2D eigenvalue weighted by atomic mass is 10.2. The Morgan fingerprint density at radius 2 is 1.82 bits per heavy atom. The molecule has 0 unspecified atom stereocenters. The number of carbonyl (C=O) groups is 1. The fourth-order valence-corrected chi connectivity index (χ4v) is 2.46. The molecule has 0 aliphatic rings. The lowest BCUT2D eigenvalue weighted by Gasteiger charge is -2.04. The molecule has 5 heteroatoms. The number of nitrogens with one attached hydrogen (secondary N) is 1. The summed E-state index contributed by atoms with van der Waals surface area (Å²) < 4.78 is 3.98. The van der Waals surface area contributed by atoms with Gasteiger partial charge in [0.1, 0.15) is 0 Å². The zero-order valence-electron chi connectivity index (χ0n) is 12.6. The summed E-state index contributed by atoms with van der Waals surface area (Å²) in [6, 6.07) is 15.9. The molecule has 2 aromatic carbocycles. The molecule has 114 valence electrons. The van der Waals surface area contributed by atoms with Crippen molar-refractivity contribution in [2.75, 3.05) is 5.32 Å². The zero-order chi connectivity index (χ0) is 14.8. The first-order chi connectivity index (χ1) is 10.1. The molecule has 4 nitrogen and oxygen atoms in total. The fourth-order valence-electron chi connectivity index (χ4n) is 2.46. The van der Waals surface area contributed by atoms with Gasteiger partial charge in [0, 0.05) is 5.69 Å². The van der Waals surface area contributed by atoms with Crippen LogP contribution in [0.25, 0.3) is 11.0 Å². The van der Waals surface area contributed by atoms with Gasteiger partial charge in [0.15, 0.2) is 17.6 Å². The lowest BCUT2D eigenvalue weighted by Crippen LogP contribution is -3.00. The third kappa shape index (κ3) is 3.47. The van der Waals surface area contributed by atoms with Crippen LogP contribution in [0.15, 0.2) is 54.9 Å². The highest BCUT2D eigenvalue weighted by Gasteiger charge is 2.15. The van der Waals surface area contributed by atoms with E-state index in [1.165, 1.54) is 5.56 Å². The SMILES string of the molecule is Cc1ccc(NC(=O)Cn2c[n+](C)c3ccccc32)cc1.[I-]. The van der Waals surface area contributed by atoms with E-state index in [1.54, 1.807) is 0 Å². The largest absolute Gasteiger partial charge is 1.00 e. The van der Waals surface area contributed by atoms with E-state index in [4.69, 9.17) is 0 Å². The number of rotatable bonds is 3. The van der Waals surface area contributed by atoms with E-state index < -0.39 is 0 Å². The number of halogens is 1. The molecule has 0 saturated carbocycles. The van der Waals surface area contributed by atoms with Crippen molar-refractivity contribution in [3.05, 3.63) is 60.4 Å². The number of para-hydroxylation sites is 2. The number of carbonyl (C=O) groups excluding carboxylic acids is 1. The molecule has 1 aromatic heterocycles. The molecule has 1 amide bonds. The van der Waals surface area contributed by atoms with E-state index in [0.717, 1.165) is 16.7 Å². The molecule has 3 rings (SSSR count). The average Bonchev–Trinajstić information content (AvgIpc) is 2.78. The van der Waals surface area contributed by atoms with Gasteiger partial charge >= 0.3 is 0 Å². The number of amides is 1. The summed E-state index contributed by atoms with van der Waals surface area (Å²) in [5.74, 6) is -0.0276. The highest BCUT2D eigenvalue weighted by Crippen LogP contribution is 2.11. The number of aromatic nitrogens is 2. The topological polar surface area (TPSA) is 37.9 Å². The van der Waals surface area contributed by atoms with Crippen LogP contribution in [0.1, 0.15) is 5.56 Å². The van der Waals surface area contributed by atoms with Crippen LogP contribution >= 0.6 is 0 Å². The highest BCUT2D eigenvalue weighted by atomic mass is 127. The van der Waals surface area contributed by atoms with E-state index in [1.807, 2.05) is 78.0 Å². The minimum Gasteiger partial charge on any atom is -1.00 e. The molecule has 3 aromatic rings.